The summed E-state index contributed by atoms with van der Waals surface area (Å²) in [5.74, 6) is 0.825. The van der Waals surface area contributed by atoms with Crippen LogP contribution < -0.4 is 0 Å². The summed E-state index contributed by atoms with van der Waals surface area (Å²) in [4.78, 5) is 11.2. The fourth-order valence-electron chi connectivity index (χ4n) is 8.08. The van der Waals surface area contributed by atoms with Crippen molar-refractivity contribution in [1.82, 2.24) is 14.5 Å². The molecule has 1 aliphatic carbocycles. The molecule has 1 aliphatic rings. The molecule has 48 heavy (non-hydrogen) atoms. The zero-order valence-electron chi connectivity index (χ0n) is 26.4. The Bertz CT molecular complexity index is 2850. The van der Waals surface area contributed by atoms with Gasteiger partial charge in [0, 0.05) is 27.1 Å². The molecule has 0 radical (unpaired) electrons. The van der Waals surface area contributed by atoms with Gasteiger partial charge in [0.25, 0.3) is 0 Å². The molecule has 0 aliphatic heterocycles. The lowest BCUT2D eigenvalue weighted by atomic mass is 9.88. The zero-order chi connectivity index (χ0) is 31.9. The van der Waals surface area contributed by atoms with E-state index < -0.39 is 0 Å². The Hall–Kier alpha value is -6.32. The van der Waals surface area contributed by atoms with Crippen molar-refractivity contribution in [2.75, 3.05) is 0 Å². The van der Waals surface area contributed by atoms with Crippen LogP contribution in [0.3, 0.4) is 0 Å². The number of hydrogen-bond donors (Lipinski definition) is 0. The van der Waals surface area contributed by atoms with Crippen LogP contribution in [-0.4, -0.2) is 14.5 Å². The Labute approximate surface area is 277 Å². The van der Waals surface area contributed by atoms with Crippen LogP contribution in [0.25, 0.3) is 94.2 Å². The van der Waals surface area contributed by atoms with Crippen LogP contribution in [-0.2, 0) is 0 Å². The van der Waals surface area contributed by atoms with Crippen LogP contribution in [0.15, 0.2) is 146 Å². The van der Waals surface area contributed by atoms with Gasteiger partial charge in [-0.3, -0.25) is 4.57 Å². The molecule has 0 unspecified atom stereocenters. The molecular weight excluding hydrogens is 583 g/mol. The largest absolute Gasteiger partial charge is 0.292 e. The molecule has 3 heteroatoms. The Kier molecular flexibility index (Phi) is 5.64. The van der Waals surface area contributed by atoms with Gasteiger partial charge >= 0.3 is 0 Å². The number of hydrogen-bond acceptors (Lipinski definition) is 2. The highest BCUT2D eigenvalue weighted by molar-refractivity contribution is 6.25. The van der Waals surface area contributed by atoms with E-state index >= 15 is 0 Å². The number of benzene rings is 7. The van der Waals surface area contributed by atoms with Crippen molar-refractivity contribution in [3.63, 3.8) is 0 Å². The maximum Gasteiger partial charge on any atom is 0.165 e. The lowest BCUT2D eigenvalue weighted by molar-refractivity contribution is 1.08. The maximum atomic E-state index is 5.66. The molecule has 224 valence electrons. The average molecular weight is 612 g/mol. The normalized spacial score (nSPS) is 13.2. The van der Waals surface area contributed by atoms with E-state index in [0.29, 0.717) is 0 Å². The Morgan fingerprint density at radius 2 is 1.10 bits per heavy atom. The summed E-state index contributed by atoms with van der Waals surface area (Å²) in [6.45, 7) is 6.32. The van der Waals surface area contributed by atoms with E-state index in [0.717, 1.165) is 55.5 Å². The molecule has 0 N–H and O–H groups in total. The second-order valence-electron chi connectivity index (χ2n) is 12.5. The van der Waals surface area contributed by atoms with Crippen molar-refractivity contribution in [3.8, 4) is 28.2 Å². The van der Waals surface area contributed by atoms with Crippen LogP contribution in [0.5, 0.6) is 0 Å². The average Bonchev–Trinajstić information content (AvgIpc) is 3.43. The lowest BCUT2D eigenvalue weighted by Gasteiger charge is -2.18. The van der Waals surface area contributed by atoms with Crippen molar-refractivity contribution >= 4 is 66.0 Å². The van der Waals surface area contributed by atoms with E-state index in [1.54, 1.807) is 0 Å². The number of aromatic nitrogens is 3. The summed E-state index contributed by atoms with van der Waals surface area (Å²) in [6, 6.07) is 47.5. The summed E-state index contributed by atoms with van der Waals surface area (Å²) < 4.78 is 2.35. The van der Waals surface area contributed by atoms with E-state index in [1.165, 1.54) is 49.4 Å². The van der Waals surface area contributed by atoms with Gasteiger partial charge in [0.15, 0.2) is 5.82 Å². The first kappa shape index (κ1) is 26.9. The molecule has 0 spiro atoms. The molecule has 2 aromatic heterocycles. The molecule has 0 atom stereocenters. The molecule has 0 saturated heterocycles. The van der Waals surface area contributed by atoms with Crippen molar-refractivity contribution in [3.05, 3.63) is 163 Å². The van der Waals surface area contributed by atoms with E-state index in [2.05, 4.69) is 158 Å². The molecule has 0 saturated carbocycles. The summed E-state index contributed by atoms with van der Waals surface area (Å²) in [7, 11) is 0. The second-order valence-corrected chi connectivity index (χ2v) is 12.5. The van der Waals surface area contributed by atoms with Crippen molar-refractivity contribution < 1.29 is 0 Å². The molecule has 0 fully saturated rings. The molecule has 0 bridgehead atoms. The number of fused-ring (bicyclic) bond motifs is 8. The molecule has 10 rings (SSSR count). The van der Waals surface area contributed by atoms with Gasteiger partial charge in [0.1, 0.15) is 5.69 Å². The topological polar surface area (TPSA) is 30.7 Å². The van der Waals surface area contributed by atoms with Crippen molar-refractivity contribution in [2.45, 2.75) is 6.92 Å². The Morgan fingerprint density at radius 1 is 0.542 bits per heavy atom. The van der Waals surface area contributed by atoms with Crippen LogP contribution in [0.1, 0.15) is 23.6 Å². The maximum absolute atomic E-state index is 5.66. The second kappa shape index (κ2) is 10.1. The third-order valence-electron chi connectivity index (χ3n) is 10.1. The first-order valence-corrected chi connectivity index (χ1v) is 16.4. The SMILES string of the molecule is C=Cc1cccc2c1/C(=C\C)c1cccc3c1c1c-2cccc1n3-c1nc2c3ccccc3c3ccccc3c2nc1-c1ccccc1. The van der Waals surface area contributed by atoms with Crippen molar-refractivity contribution in [1.29, 1.82) is 0 Å². The van der Waals surface area contributed by atoms with Crippen LogP contribution >= 0.6 is 0 Å². The molecule has 2 heterocycles. The fourth-order valence-corrected chi connectivity index (χ4v) is 8.08. The van der Waals surface area contributed by atoms with E-state index in [9.17, 15) is 0 Å². The number of allylic oxidation sites excluding steroid dienone is 1. The predicted molar refractivity (Wildman–Crippen MR) is 203 cm³/mol. The molecular formula is C45H29N3. The first-order chi connectivity index (χ1) is 23.8. The number of rotatable bonds is 3. The van der Waals surface area contributed by atoms with Gasteiger partial charge in [-0.2, -0.15) is 0 Å². The predicted octanol–water partition coefficient (Wildman–Crippen LogP) is 11.8. The third-order valence-corrected chi connectivity index (χ3v) is 10.1. The Morgan fingerprint density at radius 3 is 1.77 bits per heavy atom. The highest BCUT2D eigenvalue weighted by atomic mass is 15.1. The minimum Gasteiger partial charge on any atom is -0.292 e. The van der Waals surface area contributed by atoms with Gasteiger partial charge in [-0.25, -0.2) is 9.97 Å². The zero-order valence-corrected chi connectivity index (χ0v) is 26.4. The minimum atomic E-state index is 0.825. The van der Waals surface area contributed by atoms with Crippen LogP contribution in [0.2, 0.25) is 0 Å². The van der Waals surface area contributed by atoms with Crippen molar-refractivity contribution in [2.24, 2.45) is 0 Å². The molecule has 9 aromatic rings. The highest BCUT2D eigenvalue weighted by Crippen LogP contribution is 2.49. The van der Waals surface area contributed by atoms with Gasteiger partial charge in [0.2, 0.25) is 0 Å². The van der Waals surface area contributed by atoms with Gasteiger partial charge in [0.05, 0.1) is 22.1 Å². The first-order valence-electron chi connectivity index (χ1n) is 16.4. The summed E-state index contributed by atoms with van der Waals surface area (Å²) in [5.41, 5.74) is 13.1. The van der Waals surface area contributed by atoms with E-state index in [1.807, 2.05) is 6.08 Å². The molecule has 7 aromatic carbocycles. The minimum absolute atomic E-state index is 0.825. The summed E-state index contributed by atoms with van der Waals surface area (Å²) in [5, 5.41) is 7.03. The van der Waals surface area contributed by atoms with Gasteiger partial charge in [-0.15, -0.1) is 0 Å². The van der Waals surface area contributed by atoms with E-state index in [4.69, 9.17) is 9.97 Å². The summed E-state index contributed by atoms with van der Waals surface area (Å²) in [6.07, 6.45) is 4.22. The van der Waals surface area contributed by atoms with Gasteiger partial charge in [-0.1, -0.05) is 140 Å². The van der Waals surface area contributed by atoms with Gasteiger partial charge < -0.3 is 0 Å². The molecule has 3 nitrogen and oxygen atoms in total. The molecule has 0 amide bonds. The fraction of sp³-hybridized carbons (Fsp3) is 0.0222. The standard InChI is InChI=1S/C45H29N3/c1-3-27-17-12-22-33-34-24-14-26-38-41(34)40-32(29(4-2)39(27)33)23-13-25-37(40)48(38)45-42(28-15-6-5-7-16-28)46-43-35-20-10-8-18-30(35)31-19-9-11-21-36(31)44(43)47-45/h3-26H,1H2,2H3/b29-4-. The Balaban J connectivity index is 1.43. The quantitative estimate of drug-likeness (QED) is 0.186. The highest BCUT2D eigenvalue weighted by Gasteiger charge is 2.28. The lowest BCUT2D eigenvalue weighted by Crippen LogP contribution is -2.05. The van der Waals surface area contributed by atoms with Gasteiger partial charge in [-0.05, 0) is 63.2 Å². The number of nitrogens with zero attached hydrogens (tertiary/aromatic N) is 3. The van der Waals surface area contributed by atoms with Crippen LogP contribution in [0, 0.1) is 0 Å². The monoisotopic (exact) mass is 611 g/mol. The van der Waals surface area contributed by atoms with E-state index in [-0.39, 0.29) is 0 Å². The van der Waals surface area contributed by atoms with Crippen LogP contribution in [0.4, 0.5) is 0 Å². The third kappa shape index (κ3) is 3.53. The summed E-state index contributed by atoms with van der Waals surface area (Å²) >= 11 is 0. The smallest absolute Gasteiger partial charge is 0.165 e.